The number of nitrogens with zero attached hydrogens (tertiary/aromatic N) is 4. The second kappa shape index (κ2) is 6.54. The summed E-state index contributed by atoms with van der Waals surface area (Å²) < 4.78 is 1.96. The zero-order chi connectivity index (χ0) is 20.3. The predicted octanol–water partition coefficient (Wildman–Crippen LogP) is 4.12. The fourth-order valence-corrected chi connectivity index (χ4v) is 5.99. The third-order valence-electron chi connectivity index (χ3n) is 7.40. The minimum absolute atomic E-state index is 0.276. The number of amides is 1. The number of aryl methyl sites for hydroxylation is 1. The molecular formula is C25H26N4O. The van der Waals surface area contributed by atoms with Crippen LogP contribution in [0.4, 0.5) is 5.69 Å². The van der Waals surface area contributed by atoms with Gasteiger partial charge in [-0.25, -0.2) is 4.68 Å². The first-order valence-corrected chi connectivity index (χ1v) is 10.9. The Labute approximate surface area is 176 Å². The number of carbonyl (C=O) groups excluding carboxylic acids is 1. The second-order valence-corrected chi connectivity index (χ2v) is 8.97. The highest BCUT2D eigenvalue weighted by Crippen LogP contribution is 2.56. The van der Waals surface area contributed by atoms with Crippen molar-refractivity contribution in [3.05, 3.63) is 78.1 Å². The van der Waals surface area contributed by atoms with Crippen LogP contribution >= 0.6 is 0 Å². The molecule has 3 atom stereocenters. The van der Waals surface area contributed by atoms with Gasteiger partial charge in [-0.05, 0) is 57.0 Å². The Kier molecular flexibility index (Phi) is 3.90. The van der Waals surface area contributed by atoms with E-state index in [2.05, 4.69) is 59.5 Å². The molecule has 3 aliphatic heterocycles. The summed E-state index contributed by atoms with van der Waals surface area (Å²) in [7, 11) is 0. The maximum absolute atomic E-state index is 13.7. The van der Waals surface area contributed by atoms with Crippen LogP contribution in [-0.4, -0.2) is 39.2 Å². The smallest absolute Gasteiger partial charge is 0.247 e. The highest BCUT2D eigenvalue weighted by Gasteiger charge is 2.65. The topological polar surface area (TPSA) is 41.4 Å². The number of para-hydroxylation sites is 1. The van der Waals surface area contributed by atoms with Crippen LogP contribution in [0.25, 0.3) is 5.69 Å². The molecule has 30 heavy (non-hydrogen) atoms. The van der Waals surface area contributed by atoms with Crippen molar-refractivity contribution in [1.82, 2.24) is 14.7 Å². The molecule has 4 heterocycles. The lowest BCUT2D eigenvalue weighted by molar-refractivity contribution is -0.126. The molecule has 1 aromatic heterocycles. The lowest BCUT2D eigenvalue weighted by Gasteiger charge is -2.33. The Morgan fingerprint density at radius 3 is 2.63 bits per heavy atom. The van der Waals surface area contributed by atoms with Crippen LogP contribution in [0.15, 0.2) is 67.0 Å². The first-order valence-electron chi connectivity index (χ1n) is 10.9. The molecule has 6 rings (SSSR count). The molecule has 1 spiro atoms. The summed E-state index contributed by atoms with van der Waals surface area (Å²) in [5, 5.41) is 4.64. The zero-order valence-electron chi connectivity index (χ0n) is 17.2. The normalized spacial score (nSPS) is 28.2. The van der Waals surface area contributed by atoms with Crippen molar-refractivity contribution < 1.29 is 4.79 Å². The summed E-state index contributed by atoms with van der Waals surface area (Å²) in [5.74, 6) is 0.671. The first kappa shape index (κ1) is 17.9. The number of hydrogen-bond donors (Lipinski definition) is 0. The Balaban J connectivity index is 1.31. The molecule has 0 unspecified atom stereocenters. The largest absolute Gasteiger partial charge is 0.310 e. The first-order chi connectivity index (χ1) is 14.7. The van der Waals surface area contributed by atoms with Crippen molar-refractivity contribution in [3.8, 4) is 5.69 Å². The van der Waals surface area contributed by atoms with Crippen molar-refractivity contribution in [2.24, 2.45) is 5.92 Å². The quantitative estimate of drug-likeness (QED) is 0.666. The number of hydrogen-bond acceptors (Lipinski definition) is 3. The number of rotatable bonds is 3. The molecular weight excluding hydrogens is 372 g/mol. The Bertz CT molecular complexity index is 1090. The second-order valence-electron chi connectivity index (χ2n) is 8.97. The fraction of sp³-hybridized carbons (Fsp3) is 0.360. The zero-order valence-corrected chi connectivity index (χ0v) is 17.2. The minimum Gasteiger partial charge on any atom is -0.310 e. The monoisotopic (exact) mass is 398 g/mol. The third-order valence-corrected chi connectivity index (χ3v) is 7.40. The van der Waals surface area contributed by atoms with Crippen LogP contribution < -0.4 is 4.90 Å². The Morgan fingerprint density at radius 2 is 1.83 bits per heavy atom. The molecule has 3 saturated heterocycles. The summed E-state index contributed by atoms with van der Waals surface area (Å²) in [6.45, 7) is 3.91. The summed E-state index contributed by atoms with van der Waals surface area (Å²) in [4.78, 5) is 18.2. The van der Waals surface area contributed by atoms with Crippen LogP contribution in [0, 0.1) is 12.8 Å². The van der Waals surface area contributed by atoms with E-state index in [9.17, 15) is 4.79 Å². The van der Waals surface area contributed by atoms with E-state index in [1.165, 1.54) is 11.1 Å². The van der Waals surface area contributed by atoms with E-state index in [1.807, 2.05) is 34.0 Å². The van der Waals surface area contributed by atoms with Crippen LogP contribution in [0.2, 0.25) is 0 Å². The average molecular weight is 399 g/mol. The standard InChI is InChI=1S/C25H26N4O/c1-18-8-10-22(11-9-18)29-16-19(15-26-29)23-14-20-17-27(21-6-3-2-4-7-21)24(30)25(20)12-5-13-28(23)25/h2-4,6-11,15-16,20,23H,5,12-14,17H2,1H3/t20-,23-,25-/m0/s1. The highest BCUT2D eigenvalue weighted by molar-refractivity contribution is 6.03. The molecule has 0 aliphatic carbocycles. The molecule has 0 bridgehead atoms. The van der Waals surface area contributed by atoms with Gasteiger partial charge >= 0.3 is 0 Å². The molecule has 0 radical (unpaired) electrons. The van der Waals surface area contributed by atoms with Gasteiger partial charge < -0.3 is 4.90 Å². The maximum atomic E-state index is 13.7. The van der Waals surface area contributed by atoms with E-state index >= 15 is 0 Å². The van der Waals surface area contributed by atoms with E-state index < -0.39 is 0 Å². The van der Waals surface area contributed by atoms with Gasteiger partial charge in [-0.1, -0.05) is 35.9 Å². The SMILES string of the molecule is Cc1ccc(-n2cc([C@@H]3C[C@H]4CN(c5ccccc5)C(=O)[C@]45CCCN35)cn2)cc1. The van der Waals surface area contributed by atoms with E-state index in [4.69, 9.17) is 0 Å². The summed E-state index contributed by atoms with van der Waals surface area (Å²) in [6, 6.07) is 18.9. The van der Waals surface area contributed by atoms with Crippen LogP contribution in [-0.2, 0) is 4.79 Å². The number of anilines is 1. The molecule has 5 nitrogen and oxygen atoms in total. The molecule has 3 aromatic rings. The number of aromatic nitrogens is 2. The Hall–Kier alpha value is -2.92. The minimum atomic E-state index is -0.327. The van der Waals surface area contributed by atoms with E-state index in [1.54, 1.807) is 0 Å². The van der Waals surface area contributed by atoms with Gasteiger partial charge in [-0.3, -0.25) is 9.69 Å². The van der Waals surface area contributed by atoms with Gasteiger partial charge in [0.05, 0.1) is 11.9 Å². The highest BCUT2D eigenvalue weighted by atomic mass is 16.2. The maximum Gasteiger partial charge on any atom is 0.247 e. The molecule has 2 aromatic carbocycles. The average Bonchev–Trinajstić information content (AvgIpc) is 3.52. The number of carbonyl (C=O) groups is 1. The van der Waals surface area contributed by atoms with Crippen LogP contribution in [0.5, 0.6) is 0 Å². The third kappa shape index (κ3) is 2.45. The van der Waals surface area contributed by atoms with Gasteiger partial charge in [0, 0.05) is 36.0 Å². The van der Waals surface area contributed by atoms with Gasteiger partial charge in [0.1, 0.15) is 5.54 Å². The fourth-order valence-electron chi connectivity index (χ4n) is 5.99. The van der Waals surface area contributed by atoms with Gasteiger partial charge in [0.2, 0.25) is 5.91 Å². The van der Waals surface area contributed by atoms with Crippen molar-refractivity contribution >= 4 is 11.6 Å². The van der Waals surface area contributed by atoms with Gasteiger partial charge in [0.15, 0.2) is 0 Å². The van der Waals surface area contributed by atoms with Crippen molar-refractivity contribution in [2.45, 2.75) is 37.8 Å². The molecule has 0 saturated carbocycles. The Morgan fingerprint density at radius 1 is 1.03 bits per heavy atom. The summed E-state index contributed by atoms with van der Waals surface area (Å²) >= 11 is 0. The van der Waals surface area contributed by atoms with Gasteiger partial charge in [0.25, 0.3) is 0 Å². The van der Waals surface area contributed by atoms with Crippen molar-refractivity contribution in [1.29, 1.82) is 0 Å². The molecule has 152 valence electrons. The molecule has 5 heteroatoms. The van der Waals surface area contributed by atoms with E-state index in [-0.39, 0.29) is 11.6 Å². The molecule has 0 N–H and O–H groups in total. The van der Waals surface area contributed by atoms with Gasteiger partial charge in [-0.2, -0.15) is 5.10 Å². The molecule has 3 fully saturated rings. The van der Waals surface area contributed by atoms with Gasteiger partial charge in [-0.15, -0.1) is 0 Å². The predicted molar refractivity (Wildman–Crippen MR) is 117 cm³/mol. The lowest BCUT2D eigenvalue weighted by atomic mass is 9.85. The van der Waals surface area contributed by atoms with Crippen LogP contribution in [0.3, 0.4) is 0 Å². The van der Waals surface area contributed by atoms with E-state index in [0.29, 0.717) is 11.8 Å². The number of benzene rings is 2. The molecule has 1 amide bonds. The summed E-state index contributed by atoms with van der Waals surface area (Å²) in [5.41, 5.74) is 4.25. The van der Waals surface area contributed by atoms with Crippen molar-refractivity contribution in [3.63, 3.8) is 0 Å². The molecule has 3 aliphatic rings. The summed E-state index contributed by atoms with van der Waals surface area (Å²) in [6.07, 6.45) is 7.24. The van der Waals surface area contributed by atoms with Crippen LogP contribution in [0.1, 0.15) is 36.4 Å². The van der Waals surface area contributed by atoms with E-state index in [0.717, 1.165) is 43.7 Å². The lowest BCUT2D eigenvalue weighted by Crippen LogP contribution is -2.49. The van der Waals surface area contributed by atoms with Crippen molar-refractivity contribution in [2.75, 3.05) is 18.0 Å².